The van der Waals surface area contributed by atoms with Crippen LogP contribution in [0.1, 0.15) is 22.5 Å². The Hall–Kier alpha value is -4.35. The molecule has 0 unspecified atom stereocenters. The summed E-state index contributed by atoms with van der Waals surface area (Å²) in [5, 5.41) is 15.3. The van der Waals surface area contributed by atoms with Crippen LogP contribution in [-0.2, 0) is 16.1 Å². The van der Waals surface area contributed by atoms with Gasteiger partial charge in [0.2, 0.25) is 5.91 Å². The average molecular weight is 486 g/mol. The summed E-state index contributed by atoms with van der Waals surface area (Å²) < 4.78 is 7.30. The summed E-state index contributed by atoms with van der Waals surface area (Å²) >= 11 is 0. The molecule has 0 aliphatic heterocycles. The average Bonchev–Trinajstić information content (AvgIpc) is 3.13. The smallest absolute Gasteiger partial charge is 0.262 e. The maximum absolute atomic E-state index is 12.8. The van der Waals surface area contributed by atoms with Gasteiger partial charge in [-0.15, -0.1) is 0 Å². The maximum Gasteiger partial charge on any atom is 0.262 e. The maximum atomic E-state index is 12.8. The molecule has 1 aromatic heterocycles. The van der Waals surface area contributed by atoms with Gasteiger partial charge < -0.3 is 24.8 Å². The summed E-state index contributed by atoms with van der Waals surface area (Å²) in [6.45, 7) is 4.42. The third-order valence-electron chi connectivity index (χ3n) is 5.59. The van der Waals surface area contributed by atoms with Crippen molar-refractivity contribution in [2.75, 3.05) is 33.1 Å². The van der Waals surface area contributed by atoms with E-state index in [1.165, 1.54) is 0 Å². The van der Waals surface area contributed by atoms with Crippen LogP contribution in [0.4, 0.5) is 5.69 Å². The lowest BCUT2D eigenvalue weighted by Gasteiger charge is -2.11. The topological polar surface area (TPSA) is 99.4 Å². The predicted molar refractivity (Wildman–Crippen MR) is 141 cm³/mol. The van der Waals surface area contributed by atoms with E-state index in [2.05, 4.69) is 15.2 Å². The summed E-state index contributed by atoms with van der Waals surface area (Å²) in [6, 6.07) is 18.9. The van der Waals surface area contributed by atoms with Gasteiger partial charge >= 0.3 is 0 Å². The van der Waals surface area contributed by atoms with Gasteiger partial charge in [0.25, 0.3) is 5.91 Å². The van der Waals surface area contributed by atoms with E-state index in [0.29, 0.717) is 5.69 Å². The number of benzene rings is 2. The molecular formula is C28H31N5O3. The van der Waals surface area contributed by atoms with Crippen LogP contribution in [-0.4, -0.2) is 49.0 Å². The second-order valence-corrected chi connectivity index (χ2v) is 8.70. The van der Waals surface area contributed by atoms with Gasteiger partial charge in [0.1, 0.15) is 17.4 Å². The first-order chi connectivity index (χ1) is 17.2. The number of ether oxygens (including phenoxy) is 1. The van der Waals surface area contributed by atoms with Crippen LogP contribution in [0.5, 0.6) is 5.75 Å². The number of likely N-dealkylation sites (N-methyl/N-ethyl adjacent to an activating group) is 1. The van der Waals surface area contributed by atoms with Crippen molar-refractivity contribution in [3.8, 4) is 17.5 Å². The normalized spacial score (nSPS) is 11.2. The minimum atomic E-state index is -0.464. The van der Waals surface area contributed by atoms with Crippen LogP contribution in [0.25, 0.3) is 11.8 Å². The number of carbonyl (C=O) groups excluding carboxylic acids is 2. The van der Waals surface area contributed by atoms with Crippen LogP contribution in [0.15, 0.2) is 60.2 Å². The first-order valence-electron chi connectivity index (χ1n) is 11.5. The lowest BCUT2D eigenvalue weighted by Crippen LogP contribution is -2.27. The Kier molecular flexibility index (Phi) is 8.66. The van der Waals surface area contributed by atoms with Gasteiger partial charge in [-0.25, -0.2) is 0 Å². The molecule has 0 atom stereocenters. The number of nitrogens with zero attached hydrogens (tertiary/aromatic N) is 3. The molecule has 8 heteroatoms. The van der Waals surface area contributed by atoms with Crippen molar-refractivity contribution < 1.29 is 14.3 Å². The SMILES string of the molecule is COc1ccc(-n2c(C)cc(C=C(C#N)C(=O)NCc3cccc(NC(=O)CN(C)C)c3)c2C)cc1. The first kappa shape index (κ1) is 26.3. The number of amides is 2. The number of nitrogens with one attached hydrogen (secondary N) is 2. The van der Waals surface area contributed by atoms with Crippen LogP contribution < -0.4 is 15.4 Å². The van der Waals surface area contributed by atoms with Gasteiger partial charge in [0.15, 0.2) is 0 Å². The summed E-state index contributed by atoms with van der Waals surface area (Å²) in [6.07, 6.45) is 1.61. The highest BCUT2D eigenvalue weighted by Gasteiger charge is 2.14. The quantitative estimate of drug-likeness (QED) is 0.355. The zero-order valence-electron chi connectivity index (χ0n) is 21.3. The van der Waals surface area contributed by atoms with Crippen molar-refractivity contribution in [2.24, 2.45) is 0 Å². The Morgan fingerprint density at radius 2 is 1.83 bits per heavy atom. The van der Waals surface area contributed by atoms with Crippen LogP contribution in [0, 0.1) is 25.2 Å². The van der Waals surface area contributed by atoms with Crippen molar-refractivity contribution in [3.63, 3.8) is 0 Å². The number of nitriles is 1. The molecule has 8 nitrogen and oxygen atoms in total. The summed E-state index contributed by atoms with van der Waals surface area (Å²) in [7, 11) is 5.27. The predicted octanol–water partition coefficient (Wildman–Crippen LogP) is 3.83. The van der Waals surface area contributed by atoms with Gasteiger partial charge in [-0.2, -0.15) is 5.26 Å². The number of anilines is 1. The van der Waals surface area contributed by atoms with E-state index >= 15 is 0 Å². The Labute approximate surface area is 211 Å². The molecule has 0 saturated carbocycles. The molecule has 0 spiro atoms. The third-order valence-corrected chi connectivity index (χ3v) is 5.59. The molecule has 2 amide bonds. The Morgan fingerprint density at radius 1 is 1.11 bits per heavy atom. The monoisotopic (exact) mass is 485 g/mol. The zero-order valence-corrected chi connectivity index (χ0v) is 21.3. The van der Waals surface area contributed by atoms with Crippen molar-refractivity contribution in [1.29, 1.82) is 5.26 Å². The van der Waals surface area contributed by atoms with E-state index in [9.17, 15) is 14.9 Å². The lowest BCUT2D eigenvalue weighted by atomic mass is 10.1. The number of methoxy groups -OCH3 is 1. The minimum Gasteiger partial charge on any atom is -0.497 e. The number of aromatic nitrogens is 1. The van der Waals surface area contributed by atoms with E-state index in [1.54, 1.807) is 30.2 Å². The fourth-order valence-corrected chi connectivity index (χ4v) is 3.89. The molecule has 0 bridgehead atoms. The molecule has 2 N–H and O–H groups in total. The largest absolute Gasteiger partial charge is 0.497 e. The van der Waals surface area contributed by atoms with Gasteiger partial charge in [-0.1, -0.05) is 12.1 Å². The number of hydrogen-bond acceptors (Lipinski definition) is 5. The molecule has 0 aliphatic carbocycles. The van der Waals surface area contributed by atoms with Gasteiger partial charge in [0, 0.05) is 29.3 Å². The highest BCUT2D eigenvalue weighted by atomic mass is 16.5. The number of rotatable bonds is 9. The summed E-state index contributed by atoms with van der Waals surface area (Å²) in [4.78, 5) is 26.6. The van der Waals surface area contributed by atoms with Gasteiger partial charge in [-0.05, 0) is 87.6 Å². The number of aryl methyl sites for hydroxylation is 1. The second-order valence-electron chi connectivity index (χ2n) is 8.70. The molecule has 186 valence electrons. The fourth-order valence-electron chi connectivity index (χ4n) is 3.89. The number of hydrogen-bond donors (Lipinski definition) is 2. The zero-order chi connectivity index (χ0) is 26.2. The standard InChI is InChI=1S/C28H31N5O3/c1-19-13-22(20(2)33(19)25-9-11-26(36-5)12-10-25)15-23(16-29)28(35)30-17-21-7-6-8-24(14-21)31-27(34)18-32(3)4/h6-15H,17-18H2,1-5H3,(H,30,35)(H,31,34). The Bertz CT molecular complexity index is 1310. The summed E-state index contributed by atoms with van der Waals surface area (Å²) in [5.74, 6) is 0.183. The molecular weight excluding hydrogens is 454 g/mol. The lowest BCUT2D eigenvalue weighted by molar-refractivity contribution is -0.117. The van der Waals surface area contributed by atoms with Crippen LogP contribution in [0.3, 0.4) is 0 Å². The van der Waals surface area contributed by atoms with Crippen molar-refractivity contribution >= 4 is 23.6 Å². The van der Waals surface area contributed by atoms with Crippen molar-refractivity contribution in [2.45, 2.75) is 20.4 Å². The molecule has 0 aliphatic rings. The van der Waals surface area contributed by atoms with Crippen molar-refractivity contribution in [1.82, 2.24) is 14.8 Å². The van der Waals surface area contributed by atoms with E-state index in [1.807, 2.05) is 76.5 Å². The van der Waals surface area contributed by atoms with E-state index in [0.717, 1.165) is 34.0 Å². The Morgan fingerprint density at radius 3 is 2.47 bits per heavy atom. The molecule has 2 aromatic carbocycles. The van der Waals surface area contributed by atoms with Crippen LogP contribution in [0.2, 0.25) is 0 Å². The molecule has 36 heavy (non-hydrogen) atoms. The van der Waals surface area contributed by atoms with E-state index in [4.69, 9.17) is 4.74 Å². The molecule has 0 fully saturated rings. The highest BCUT2D eigenvalue weighted by Crippen LogP contribution is 2.24. The fraction of sp³-hybridized carbons (Fsp3) is 0.250. The molecule has 3 rings (SSSR count). The second kappa shape index (κ2) is 11.9. The summed E-state index contributed by atoms with van der Waals surface area (Å²) in [5.41, 5.74) is 5.12. The van der Waals surface area contributed by atoms with E-state index in [-0.39, 0.29) is 24.6 Å². The van der Waals surface area contributed by atoms with Gasteiger partial charge in [0.05, 0.1) is 13.7 Å². The Balaban J connectivity index is 1.72. The molecule has 3 aromatic rings. The molecule has 1 heterocycles. The first-order valence-corrected chi connectivity index (χ1v) is 11.5. The number of carbonyl (C=O) groups is 2. The highest BCUT2D eigenvalue weighted by molar-refractivity contribution is 6.01. The van der Waals surface area contributed by atoms with Crippen LogP contribution >= 0.6 is 0 Å². The molecule has 0 saturated heterocycles. The minimum absolute atomic E-state index is 0.0143. The molecule has 0 radical (unpaired) electrons. The van der Waals surface area contributed by atoms with Crippen molar-refractivity contribution in [3.05, 3.63) is 82.7 Å². The van der Waals surface area contributed by atoms with Gasteiger partial charge in [-0.3, -0.25) is 9.59 Å². The third kappa shape index (κ3) is 6.62. The van der Waals surface area contributed by atoms with E-state index < -0.39 is 5.91 Å².